The summed E-state index contributed by atoms with van der Waals surface area (Å²) < 4.78 is 19.2. The van der Waals surface area contributed by atoms with Gasteiger partial charge in [0.05, 0.1) is 0 Å². The van der Waals surface area contributed by atoms with Crippen molar-refractivity contribution in [2.24, 2.45) is 0 Å². The van der Waals surface area contributed by atoms with Crippen molar-refractivity contribution < 1.29 is 56.7 Å². The van der Waals surface area contributed by atoms with E-state index in [9.17, 15) is 8.78 Å². The van der Waals surface area contributed by atoms with Gasteiger partial charge in [0.1, 0.15) is 0 Å². The van der Waals surface area contributed by atoms with Gasteiger partial charge < -0.3 is 48.0 Å². The number of hydrogen-bond donors (Lipinski definition) is 0. The minimum atomic E-state index is -1.75. The van der Waals surface area contributed by atoms with Crippen LogP contribution < -0.4 is 48.0 Å². The maximum atomic E-state index is 9.62. The predicted octanol–water partition coefficient (Wildman–Crippen LogP) is -5.11. The zero-order chi connectivity index (χ0) is 2.71. The van der Waals surface area contributed by atoms with E-state index in [2.05, 4.69) is 0 Å². The summed E-state index contributed by atoms with van der Waals surface area (Å²) in [5.41, 5.74) is 0. The molecule has 36 valence electrons. The maximum Gasteiger partial charge on any atom is 0.229 e. The van der Waals surface area contributed by atoms with Crippen molar-refractivity contribution in [2.75, 3.05) is 6.93 Å². The second-order valence-corrected chi connectivity index (χ2v) is 0.101. The van der Waals surface area contributed by atoms with Crippen molar-refractivity contribution in [1.29, 1.82) is 0 Å². The van der Waals surface area contributed by atoms with Crippen molar-refractivity contribution in [3.63, 3.8) is 0 Å². The van der Waals surface area contributed by atoms with Crippen LogP contribution in [0.2, 0.25) is 0 Å². The quantitative estimate of drug-likeness (QED) is 0.393. The average Bonchev–Trinajstić information content (AvgIpc) is 0.918. The van der Waals surface area contributed by atoms with Crippen LogP contribution in [0.5, 0.6) is 0 Å². The molecule has 0 aromatic carbocycles. The van der Waals surface area contributed by atoms with Gasteiger partial charge in [-0.3, -0.25) is 0 Å². The first-order valence-electron chi connectivity index (χ1n) is 0.535. The highest BCUT2D eigenvalue weighted by molar-refractivity contribution is 3.57. The first-order chi connectivity index (χ1) is 1.41. The summed E-state index contributed by atoms with van der Waals surface area (Å²) in [6, 6.07) is 0. The molecule has 0 aliphatic carbocycles. The molecule has 0 atom stereocenters. The zero-order valence-corrected chi connectivity index (χ0v) is 6.53. The lowest BCUT2D eigenvalue weighted by Crippen LogP contribution is -3.00. The highest BCUT2D eigenvalue weighted by Crippen LogP contribution is 1.56. The lowest BCUT2D eigenvalue weighted by molar-refractivity contribution is -0.00100. The van der Waals surface area contributed by atoms with Crippen LogP contribution in [0.3, 0.4) is 0 Å². The van der Waals surface area contributed by atoms with E-state index in [-0.39, 0.29) is 48.0 Å². The molecule has 0 aliphatic heterocycles. The fourth-order valence-electron chi connectivity index (χ4n) is 0. The molecule has 0 fully saturated rings. The third-order valence-electron chi connectivity index (χ3n) is 0. The fourth-order valence-corrected chi connectivity index (χ4v) is 0. The largest absolute Gasteiger partial charge is 1.00 e. The average molecular weight is 306 g/mol. The summed E-state index contributed by atoms with van der Waals surface area (Å²) >= 11 is 0. The van der Waals surface area contributed by atoms with E-state index in [0.717, 1.165) is 0 Å². The van der Waals surface area contributed by atoms with Gasteiger partial charge in [0.15, 0.2) is 0 Å². The van der Waals surface area contributed by atoms with Crippen LogP contribution in [0.15, 0.2) is 0 Å². The smallest absolute Gasteiger partial charge is 0.229 e. The van der Waals surface area contributed by atoms with Crippen molar-refractivity contribution in [3.05, 3.63) is 0 Å². The molecule has 0 nitrogen and oxygen atoms in total. The van der Waals surface area contributed by atoms with E-state index in [4.69, 9.17) is 0 Å². The molecule has 5 heavy (non-hydrogen) atoms. The Kier molecular flexibility index (Phi) is 59.9. The molecular formula is CH2F2I2-2. The minimum Gasteiger partial charge on any atom is -1.00 e. The van der Waals surface area contributed by atoms with Gasteiger partial charge in [-0.25, -0.2) is 8.78 Å². The van der Waals surface area contributed by atoms with Crippen LogP contribution in [-0.4, -0.2) is 6.93 Å². The Bertz CT molecular complexity index is 7.61. The van der Waals surface area contributed by atoms with E-state index in [1.165, 1.54) is 0 Å². The molecule has 0 aliphatic rings. The summed E-state index contributed by atoms with van der Waals surface area (Å²) in [4.78, 5) is 0. The van der Waals surface area contributed by atoms with E-state index in [0.29, 0.717) is 0 Å². The van der Waals surface area contributed by atoms with Crippen LogP contribution in [-0.2, 0) is 0 Å². The summed E-state index contributed by atoms with van der Waals surface area (Å²) in [6.07, 6.45) is 0. The molecule has 0 heterocycles. The van der Waals surface area contributed by atoms with E-state index < -0.39 is 6.93 Å². The second-order valence-electron chi connectivity index (χ2n) is 0.101. The Balaban J connectivity index is -0.0000000200. The van der Waals surface area contributed by atoms with Crippen LogP contribution in [0.1, 0.15) is 0 Å². The molecular weight excluding hydrogens is 304 g/mol. The molecule has 0 saturated carbocycles. The van der Waals surface area contributed by atoms with Gasteiger partial charge in [-0.2, -0.15) is 0 Å². The molecule has 0 bridgehead atoms. The van der Waals surface area contributed by atoms with Gasteiger partial charge in [-0.1, -0.05) is 0 Å². The molecule has 0 amide bonds. The predicted molar refractivity (Wildman–Crippen MR) is 7.08 cm³/mol. The van der Waals surface area contributed by atoms with Crippen LogP contribution in [0.25, 0.3) is 0 Å². The Morgan fingerprint density at radius 1 is 1.00 bits per heavy atom. The fraction of sp³-hybridized carbons (Fsp3) is 1.00. The second kappa shape index (κ2) is 18.4. The van der Waals surface area contributed by atoms with Crippen molar-refractivity contribution >= 4 is 0 Å². The Hall–Kier alpha value is 1.32. The molecule has 0 aromatic rings. The number of halogens is 4. The van der Waals surface area contributed by atoms with E-state index in [1.54, 1.807) is 0 Å². The Morgan fingerprint density at radius 2 is 1.00 bits per heavy atom. The van der Waals surface area contributed by atoms with Gasteiger partial charge in [-0.05, 0) is 0 Å². The van der Waals surface area contributed by atoms with Gasteiger partial charge in [0.25, 0.3) is 0 Å². The van der Waals surface area contributed by atoms with Gasteiger partial charge in [-0.15, -0.1) is 0 Å². The zero-order valence-electron chi connectivity index (χ0n) is 2.22. The maximum absolute atomic E-state index is 9.62. The third-order valence-corrected chi connectivity index (χ3v) is 0. The summed E-state index contributed by atoms with van der Waals surface area (Å²) in [5.74, 6) is 0. The van der Waals surface area contributed by atoms with Crippen LogP contribution >= 0.6 is 0 Å². The van der Waals surface area contributed by atoms with Crippen molar-refractivity contribution in [3.8, 4) is 0 Å². The number of rotatable bonds is 0. The Labute approximate surface area is 63.4 Å². The molecule has 0 unspecified atom stereocenters. The van der Waals surface area contributed by atoms with Crippen LogP contribution in [0, 0.1) is 0 Å². The Morgan fingerprint density at radius 3 is 1.00 bits per heavy atom. The summed E-state index contributed by atoms with van der Waals surface area (Å²) in [6.45, 7) is -1.75. The van der Waals surface area contributed by atoms with Crippen LogP contribution in [0.4, 0.5) is 8.78 Å². The molecule has 0 spiro atoms. The topological polar surface area (TPSA) is 0 Å². The minimum absolute atomic E-state index is 0. The normalized spacial score (nSPS) is 3.60. The van der Waals surface area contributed by atoms with Crippen molar-refractivity contribution in [1.82, 2.24) is 0 Å². The standard InChI is InChI=1S/CH2F2.2HI/c2-1-3;;/h1H2;2*1H/p-2. The monoisotopic (exact) mass is 306 g/mol. The van der Waals surface area contributed by atoms with Crippen molar-refractivity contribution in [2.45, 2.75) is 0 Å². The lowest BCUT2D eigenvalue weighted by atomic mass is 11.7. The number of alkyl halides is 2. The SMILES string of the molecule is FCF.[I-].[I-]. The molecule has 4 heteroatoms. The van der Waals surface area contributed by atoms with Gasteiger partial charge in [0.2, 0.25) is 6.93 Å². The lowest BCUT2D eigenvalue weighted by Gasteiger charge is -1.42. The van der Waals surface area contributed by atoms with E-state index >= 15 is 0 Å². The first kappa shape index (κ1) is 16.2. The van der Waals surface area contributed by atoms with Gasteiger partial charge in [0, 0.05) is 0 Å². The third kappa shape index (κ3) is 33.7. The highest BCUT2D eigenvalue weighted by Gasteiger charge is 1.44. The number of hydrogen-bond acceptors (Lipinski definition) is 0. The molecule has 0 saturated heterocycles. The highest BCUT2D eigenvalue weighted by atomic mass is 127. The molecule has 0 aromatic heterocycles. The molecule has 0 radical (unpaired) electrons. The summed E-state index contributed by atoms with van der Waals surface area (Å²) in [7, 11) is 0. The first-order valence-corrected chi connectivity index (χ1v) is 0.535. The van der Waals surface area contributed by atoms with Gasteiger partial charge >= 0.3 is 0 Å². The molecule has 0 rings (SSSR count). The van der Waals surface area contributed by atoms with E-state index in [1.807, 2.05) is 0 Å². The summed E-state index contributed by atoms with van der Waals surface area (Å²) in [5, 5.41) is 0. The molecule has 0 N–H and O–H groups in total.